The topological polar surface area (TPSA) is 68.3 Å². The molecule has 0 aliphatic carbocycles. The number of hydroxylamine groups is 2. The fraction of sp³-hybridized carbons (Fsp3) is 1.00. The van der Waals surface area contributed by atoms with Crippen LogP contribution in [-0.2, 0) is 23.9 Å². The van der Waals surface area contributed by atoms with Gasteiger partial charge >= 0.3 is 10.4 Å². The second-order valence-electron chi connectivity index (χ2n) is 5.45. The summed E-state index contributed by atoms with van der Waals surface area (Å²) in [4.78, 5) is 7.09. The fourth-order valence-electron chi connectivity index (χ4n) is 2.25. The summed E-state index contributed by atoms with van der Waals surface area (Å²) in [7, 11) is -1.17. The van der Waals surface area contributed by atoms with Gasteiger partial charge in [0, 0.05) is 6.04 Å². The smallest absolute Gasteiger partial charge is 0.282 e. The van der Waals surface area contributed by atoms with Crippen molar-refractivity contribution in [1.82, 2.24) is 9.96 Å². The lowest BCUT2D eigenvalue weighted by Crippen LogP contribution is -2.51. The summed E-state index contributed by atoms with van der Waals surface area (Å²) < 4.78 is 30.8. The van der Waals surface area contributed by atoms with Crippen molar-refractivity contribution in [3.8, 4) is 0 Å². The summed E-state index contributed by atoms with van der Waals surface area (Å²) in [6, 6.07) is 0.154. The molecule has 8 heteroatoms. The van der Waals surface area contributed by atoms with Crippen LogP contribution in [0.4, 0.5) is 0 Å². The van der Waals surface area contributed by atoms with Crippen LogP contribution in [-0.4, -0.2) is 49.8 Å². The van der Waals surface area contributed by atoms with Gasteiger partial charge in [-0.3, -0.25) is 4.90 Å². The van der Waals surface area contributed by atoms with Gasteiger partial charge in [0.2, 0.25) is 0 Å². The molecule has 0 aromatic carbocycles. The van der Waals surface area contributed by atoms with Gasteiger partial charge in [-0.15, -0.1) is 10.1 Å². The number of likely N-dealkylation sites (N-methyl/N-ethyl adjacent to an activating group) is 1. The molecule has 0 saturated carbocycles. The van der Waals surface area contributed by atoms with E-state index in [-0.39, 0.29) is 6.04 Å². The molecule has 0 bridgehead atoms. The molecule has 0 radical (unpaired) electrons. The summed E-state index contributed by atoms with van der Waals surface area (Å²) >= 11 is 0. The van der Waals surface area contributed by atoms with Gasteiger partial charge in [0.05, 0.1) is 18.3 Å². The molecular formula is C10H22N2O5S. The Morgan fingerprint density at radius 2 is 1.67 bits per heavy atom. The van der Waals surface area contributed by atoms with Gasteiger partial charge in [-0.05, 0) is 41.7 Å². The van der Waals surface area contributed by atoms with Crippen molar-refractivity contribution in [1.29, 1.82) is 0 Å². The minimum atomic E-state index is -4.12. The number of nitrogens with zero attached hydrogens (tertiary/aromatic N) is 2. The fourth-order valence-corrected chi connectivity index (χ4v) is 2.44. The predicted molar refractivity (Wildman–Crippen MR) is 65.3 cm³/mol. The molecule has 0 N–H and O–H groups in total. The zero-order chi connectivity index (χ0) is 14.4. The van der Waals surface area contributed by atoms with E-state index in [2.05, 4.69) is 13.4 Å². The molecular weight excluding hydrogens is 260 g/mol. The molecule has 108 valence electrons. The van der Waals surface area contributed by atoms with Crippen LogP contribution in [0.25, 0.3) is 0 Å². The Hall–Kier alpha value is -0.250. The predicted octanol–water partition coefficient (Wildman–Crippen LogP) is 0.891. The molecule has 0 spiro atoms. The molecule has 1 saturated heterocycles. The van der Waals surface area contributed by atoms with Crippen LogP contribution in [0, 0.1) is 0 Å². The Balaban J connectivity index is 2.93. The van der Waals surface area contributed by atoms with Crippen molar-refractivity contribution < 1.29 is 21.9 Å². The quantitative estimate of drug-likeness (QED) is 0.560. The van der Waals surface area contributed by atoms with E-state index >= 15 is 0 Å². The van der Waals surface area contributed by atoms with Crippen molar-refractivity contribution in [3.63, 3.8) is 0 Å². The summed E-state index contributed by atoms with van der Waals surface area (Å²) in [5.41, 5.74) is -0.923. The van der Waals surface area contributed by atoms with E-state index < -0.39 is 21.6 Å². The van der Waals surface area contributed by atoms with Crippen LogP contribution in [0.15, 0.2) is 0 Å². The molecule has 0 aromatic rings. The highest BCUT2D eigenvalue weighted by Gasteiger charge is 2.55. The molecule has 1 heterocycles. The average Bonchev–Trinajstić information content (AvgIpc) is 2.36. The number of hydrogen-bond acceptors (Lipinski definition) is 7. The second-order valence-corrected chi connectivity index (χ2v) is 6.73. The van der Waals surface area contributed by atoms with Gasteiger partial charge in [0.25, 0.3) is 0 Å². The van der Waals surface area contributed by atoms with Gasteiger partial charge in [0.15, 0.2) is 0 Å². The lowest BCUT2D eigenvalue weighted by Gasteiger charge is -2.36. The first-order valence-electron chi connectivity index (χ1n) is 5.67. The first-order valence-corrected chi connectivity index (χ1v) is 7.00. The van der Waals surface area contributed by atoms with E-state index in [1.165, 1.54) is 5.06 Å². The maximum Gasteiger partial charge on any atom is 0.427 e. The van der Waals surface area contributed by atoms with Gasteiger partial charge in [0.1, 0.15) is 0 Å². The van der Waals surface area contributed by atoms with Crippen molar-refractivity contribution in [2.24, 2.45) is 0 Å². The van der Waals surface area contributed by atoms with Gasteiger partial charge in [-0.1, -0.05) is 4.33 Å². The molecule has 1 fully saturated rings. The van der Waals surface area contributed by atoms with Crippen LogP contribution in [0.1, 0.15) is 34.6 Å². The maximum atomic E-state index is 11.1. The lowest BCUT2D eigenvalue weighted by atomic mass is 9.98. The molecule has 1 atom stereocenters. The Morgan fingerprint density at radius 1 is 1.17 bits per heavy atom. The normalized spacial score (nSPS) is 28.7. The molecule has 1 aliphatic rings. The molecule has 7 nitrogen and oxygen atoms in total. The monoisotopic (exact) mass is 282 g/mol. The van der Waals surface area contributed by atoms with Crippen LogP contribution in [0.2, 0.25) is 0 Å². The van der Waals surface area contributed by atoms with Crippen molar-refractivity contribution >= 4 is 10.4 Å². The largest absolute Gasteiger partial charge is 0.427 e. The molecule has 0 amide bonds. The van der Waals surface area contributed by atoms with Crippen LogP contribution in [0.5, 0.6) is 0 Å². The van der Waals surface area contributed by atoms with Crippen molar-refractivity contribution in [2.75, 3.05) is 14.2 Å². The highest BCUT2D eigenvalue weighted by atomic mass is 32.3. The third kappa shape index (κ3) is 2.54. The molecule has 1 unspecified atom stereocenters. The van der Waals surface area contributed by atoms with Gasteiger partial charge in [-0.2, -0.15) is 8.42 Å². The van der Waals surface area contributed by atoms with E-state index in [0.29, 0.717) is 0 Å². The zero-order valence-electron chi connectivity index (χ0n) is 11.9. The lowest BCUT2D eigenvalue weighted by molar-refractivity contribution is -0.416. The second kappa shape index (κ2) is 4.69. The highest BCUT2D eigenvalue weighted by Crippen LogP contribution is 2.41. The summed E-state index contributed by atoms with van der Waals surface area (Å²) in [5.74, 6) is 0. The maximum absolute atomic E-state index is 11.1. The van der Waals surface area contributed by atoms with Gasteiger partial charge < -0.3 is 0 Å². The molecule has 1 aliphatic heterocycles. The summed E-state index contributed by atoms with van der Waals surface area (Å²) in [6.45, 7) is 9.77. The van der Waals surface area contributed by atoms with E-state index in [1.54, 1.807) is 0 Å². The summed E-state index contributed by atoms with van der Waals surface area (Å²) in [6.07, 6.45) is 0. The average molecular weight is 282 g/mol. The first kappa shape index (κ1) is 15.8. The Bertz CT molecular complexity index is 386. The van der Waals surface area contributed by atoms with E-state index in [1.807, 2.05) is 41.7 Å². The third-order valence-electron chi connectivity index (χ3n) is 3.88. The Kier molecular flexibility index (Phi) is 4.12. The molecule has 18 heavy (non-hydrogen) atoms. The molecule has 0 aromatic heterocycles. The summed E-state index contributed by atoms with van der Waals surface area (Å²) in [5, 5.41) is 1.52. The van der Waals surface area contributed by atoms with Crippen LogP contribution in [0.3, 0.4) is 0 Å². The third-order valence-corrected chi connectivity index (χ3v) is 4.52. The number of hydrogen-bond donors (Lipinski definition) is 0. The Labute approximate surface area is 109 Å². The van der Waals surface area contributed by atoms with Crippen LogP contribution >= 0.6 is 0 Å². The van der Waals surface area contributed by atoms with E-state index in [0.717, 1.165) is 7.11 Å². The Morgan fingerprint density at radius 3 is 2.00 bits per heavy atom. The van der Waals surface area contributed by atoms with Crippen molar-refractivity contribution in [2.45, 2.75) is 51.9 Å². The number of rotatable bonds is 4. The molecule has 1 rings (SSSR count). The minimum absolute atomic E-state index is 0.154. The van der Waals surface area contributed by atoms with Crippen molar-refractivity contribution in [3.05, 3.63) is 0 Å². The SMILES string of the molecule is COS(=O)(=O)OON1C(C)(C)C(C)N(C)C1(C)C. The van der Waals surface area contributed by atoms with Gasteiger partial charge in [-0.25, -0.2) is 4.18 Å². The van der Waals surface area contributed by atoms with E-state index in [9.17, 15) is 8.42 Å². The highest BCUT2D eigenvalue weighted by molar-refractivity contribution is 7.81. The van der Waals surface area contributed by atoms with E-state index in [4.69, 9.17) is 4.99 Å². The van der Waals surface area contributed by atoms with Crippen LogP contribution < -0.4 is 0 Å². The zero-order valence-corrected chi connectivity index (χ0v) is 12.7. The first-order chi connectivity index (χ1) is 7.97. The minimum Gasteiger partial charge on any atom is -0.282 e. The standard InChI is InChI=1S/C10H22N2O5S/c1-8-9(2,3)12(10(4,5)11(8)6)16-17-18(13,14)15-7/h8H,1-7H3.